The highest BCUT2D eigenvalue weighted by Crippen LogP contribution is 2.21. The second-order valence-electron chi connectivity index (χ2n) is 6.26. The lowest BCUT2D eigenvalue weighted by atomic mass is 10.2. The molecule has 3 heterocycles. The van der Waals surface area contributed by atoms with Gasteiger partial charge in [0.1, 0.15) is 0 Å². The minimum absolute atomic E-state index is 0.227. The molecule has 7 nitrogen and oxygen atoms in total. The number of nitrogens with one attached hydrogen (secondary N) is 1. The number of aromatic nitrogens is 4. The standard InChI is InChI=1S/C21H19N5O2/c1-28-14-19-17(21(27)24-12-15-7-9-22-10-8-15)13-23-20-11-18(25-26(19)20)16-5-3-2-4-6-16/h2-11,13H,12,14H2,1H3,(H,24,27). The lowest BCUT2D eigenvalue weighted by molar-refractivity contribution is 0.0944. The van der Waals surface area contributed by atoms with Gasteiger partial charge in [0, 0.05) is 43.9 Å². The number of amides is 1. The van der Waals surface area contributed by atoms with Crippen molar-refractivity contribution in [1.29, 1.82) is 0 Å². The van der Waals surface area contributed by atoms with Gasteiger partial charge in [-0.3, -0.25) is 9.78 Å². The summed E-state index contributed by atoms with van der Waals surface area (Å²) in [5.74, 6) is -0.227. The molecule has 0 atom stereocenters. The van der Waals surface area contributed by atoms with Crippen LogP contribution in [0.25, 0.3) is 16.9 Å². The fraction of sp³-hybridized carbons (Fsp3) is 0.143. The van der Waals surface area contributed by atoms with Crippen LogP contribution in [0.2, 0.25) is 0 Å². The lowest BCUT2D eigenvalue weighted by Crippen LogP contribution is -2.25. The fourth-order valence-electron chi connectivity index (χ4n) is 2.97. The molecule has 4 rings (SSSR count). The number of hydrogen-bond acceptors (Lipinski definition) is 5. The molecule has 1 aromatic carbocycles. The number of carbonyl (C=O) groups is 1. The van der Waals surface area contributed by atoms with E-state index in [0.29, 0.717) is 23.4 Å². The maximum Gasteiger partial charge on any atom is 0.255 e. The van der Waals surface area contributed by atoms with Crippen molar-refractivity contribution in [3.8, 4) is 11.3 Å². The van der Waals surface area contributed by atoms with Gasteiger partial charge in [-0.15, -0.1) is 0 Å². The average molecular weight is 373 g/mol. The Kier molecular flexibility index (Phi) is 5.07. The van der Waals surface area contributed by atoms with Gasteiger partial charge >= 0.3 is 0 Å². The van der Waals surface area contributed by atoms with Gasteiger partial charge in [-0.1, -0.05) is 30.3 Å². The molecule has 140 valence electrons. The number of pyridine rings is 1. The maximum atomic E-state index is 12.8. The Morgan fingerprint density at radius 1 is 1.14 bits per heavy atom. The zero-order valence-corrected chi connectivity index (χ0v) is 15.4. The van der Waals surface area contributed by atoms with Gasteiger partial charge in [-0.25, -0.2) is 9.50 Å². The summed E-state index contributed by atoms with van der Waals surface area (Å²) in [5.41, 5.74) is 4.50. The van der Waals surface area contributed by atoms with Gasteiger partial charge in [0.2, 0.25) is 0 Å². The van der Waals surface area contributed by atoms with E-state index in [0.717, 1.165) is 16.8 Å². The Labute approximate surface area is 162 Å². The van der Waals surface area contributed by atoms with Gasteiger partial charge in [-0.2, -0.15) is 5.10 Å². The van der Waals surface area contributed by atoms with Crippen molar-refractivity contribution < 1.29 is 9.53 Å². The van der Waals surface area contributed by atoms with Crippen molar-refractivity contribution in [2.24, 2.45) is 0 Å². The first-order chi connectivity index (χ1) is 13.8. The Balaban J connectivity index is 1.67. The van der Waals surface area contributed by atoms with Gasteiger partial charge in [0.05, 0.1) is 23.6 Å². The first kappa shape index (κ1) is 17.8. The van der Waals surface area contributed by atoms with Crippen LogP contribution in [-0.4, -0.2) is 32.6 Å². The molecule has 0 unspecified atom stereocenters. The molecule has 1 N–H and O–H groups in total. The molecule has 28 heavy (non-hydrogen) atoms. The summed E-state index contributed by atoms with van der Waals surface area (Å²) in [4.78, 5) is 21.2. The predicted octanol–water partition coefficient (Wildman–Crippen LogP) is 2.87. The minimum atomic E-state index is -0.227. The molecule has 4 aromatic rings. The zero-order chi connectivity index (χ0) is 19.3. The van der Waals surface area contributed by atoms with Crippen LogP contribution in [0.5, 0.6) is 0 Å². The highest BCUT2D eigenvalue weighted by atomic mass is 16.5. The molecule has 0 aliphatic heterocycles. The van der Waals surface area contributed by atoms with Crippen molar-refractivity contribution in [3.05, 3.63) is 83.9 Å². The monoisotopic (exact) mass is 373 g/mol. The van der Waals surface area contributed by atoms with E-state index in [1.165, 1.54) is 0 Å². The SMILES string of the molecule is COCc1c(C(=O)NCc2ccncc2)cnc2cc(-c3ccccc3)nn12. The normalized spacial score (nSPS) is 10.9. The number of nitrogens with zero attached hydrogens (tertiary/aromatic N) is 4. The molecule has 7 heteroatoms. The fourth-order valence-corrected chi connectivity index (χ4v) is 2.97. The summed E-state index contributed by atoms with van der Waals surface area (Å²) in [6.45, 7) is 0.646. The van der Waals surface area contributed by atoms with Crippen molar-refractivity contribution in [3.63, 3.8) is 0 Å². The van der Waals surface area contributed by atoms with Crippen LogP contribution >= 0.6 is 0 Å². The average Bonchev–Trinajstić information content (AvgIpc) is 3.19. The van der Waals surface area contributed by atoms with Crippen LogP contribution in [0.1, 0.15) is 21.6 Å². The van der Waals surface area contributed by atoms with Gasteiger partial charge < -0.3 is 10.1 Å². The molecule has 0 aliphatic carbocycles. The molecule has 1 amide bonds. The number of rotatable bonds is 6. The van der Waals surface area contributed by atoms with Crippen molar-refractivity contribution in [1.82, 2.24) is 24.9 Å². The highest BCUT2D eigenvalue weighted by Gasteiger charge is 2.18. The van der Waals surface area contributed by atoms with Crippen LogP contribution in [0.4, 0.5) is 0 Å². The van der Waals surface area contributed by atoms with Crippen LogP contribution in [0, 0.1) is 0 Å². The van der Waals surface area contributed by atoms with Gasteiger partial charge in [-0.05, 0) is 17.7 Å². The van der Waals surface area contributed by atoms with E-state index in [9.17, 15) is 4.79 Å². The van der Waals surface area contributed by atoms with E-state index in [-0.39, 0.29) is 12.5 Å². The van der Waals surface area contributed by atoms with E-state index >= 15 is 0 Å². The predicted molar refractivity (Wildman–Crippen MR) is 105 cm³/mol. The van der Waals surface area contributed by atoms with Gasteiger partial charge in [0.25, 0.3) is 5.91 Å². The van der Waals surface area contributed by atoms with Crippen molar-refractivity contribution in [2.75, 3.05) is 7.11 Å². The van der Waals surface area contributed by atoms with E-state index in [2.05, 4.69) is 20.4 Å². The molecule has 0 bridgehead atoms. The van der Waals surface area contributed by atoms with E-state index in [4.69, 9.17) is 4.74 Å². The molecule has 0 saturated heterocycles. The van der Waals surface area contributed by atoms with E-state index in [1.807, 2.05) is 48.5 Å². The number of hydrogen-bond donors (Lipinski definition) is 1. The summed E-state index contributed by atoms with van der Waals surface area (Å²) < 4.78 is 7.00. The summed E-state index contributed by atoms with van der Waals surface area (Å²) in [5, 5.41) is 7.56. The van der Waals surface area contributed by atoms with Crippen LogP contribution < -0.4 is 5.32 Å². The third-order valence-electron chi connectivity index (χ3n) is 4.38. The third-order valence-corrected chi connectivity index (χ3v) is 4.38. The Morgan fingerprint density at radius 2 is 1.93 bits per heavy atom. The largest absolute Gasteiger partial charge is 0.378 e. The number of ether oxygens (including phenoxy) is 1. The molecule has 0 fully saturated rings. The first-order valence-electron chi connectivity index (χ1n) is 8.85. The molecule has 3 aromatic heterocycles. The van der Waals surface area contributed by atoms with E-state index in [1.54, 1.807) is 30.2 Å². The molecule has 0 radical (unpaired) electrons. The lowest BCUT2D eigenvalue weighted by Gasteiger charge is -2.11. The zero-order valence-electron chi connectivity index (χ0n) is 15.4. The minimum Gasteiger partial charge on any atom is -0.378 e. The third kappa shape index (κ3) is 3.60. The second kappa shape index (κ2) is 7.98. The summed E-state index contributed by atoms with van der Waals surface area (Å²) in [6, 6.07) is 15.5. The Hall–Kier alpha value is -3.58. The molecular weight excluding hydrogens is 354 g/mol. The maximum absolute atomic E-state index is 12.8. The topological polar surface area (TPSA) is 81.4 Å². The summed E-state index contributed by atoms with van der Waals surface area (Å²) >= 11 is 0. The van der Waals surface area contributed by atoms with Crippen molar-refractivity contribution >= 4 is 11.6 Å². The quantitative estimate of drug-likeness (QED) is 0.562. The van der Waals surface area contributed by atoms with Gasteiger partial charge in [0.15, 0.2) is 5.65 Å². The number of methoxy groups -OCH3 is 1. The second-order valence-corrected chi connectivity index (χ2v) is 6.26. The van der Waals surface area contributed by atoms with Crippen LogP contribution in [0.15, 0.2) is 67.1 Å². The first-order valence-corrected chi connectivity index (χ1v) is 8.85. The summed E-state index contributed by atoms with van der Waals surface area (Å²) in [7, 11) is 1.59. The van der Waals surface area contributed by atoms with Crippen LogP contribution in [-0.2, 0) is 17.9 Å². The molecule has 0 spiro atoms. The molecule has 0 aliphatic rings. The summed E-state index contributed by atoms with van der Waals surface area (Å²) in [6.07, 6.45) is 4.96. The van der Waals surface area contributed by atoms with Crippen LogP contribution in [0.3, 0.4) is 0 Å². The van der Waals surface area contributed by atoms with Crippen molar-refractivity contribution in [2.45, 2.75) is 13.2 Å². The van der Waals surface area contributed by atoms with E-state index < -0.39 is 0 Å². The number of benzene rings is 1. The Bertz CT molecular complexity index is 1090. The molecular formula is C21H19N5O2. The smallest absolute Gasteiger partial charge is 0.255 e. The highest BCUT2D eigenvalue weighted by molar-refractivity contribution is 5.95. The number of fused-ring (bicyclic) bond motifs is 1. The molecule has 0 saturated carbocycles. The number of carbonyl (C=O) groups excluding carboxylic acids is 1. The Morgan fingerprint density at radius 3 is 2.68 bits per heavy atom.